The monoisotopic (exact) mass is 212 g/mol. The zero-order chi connectivity index (χ0) is 9.42. The van der Waals surface area contributed by atoms with E-state index in [4.69, 9.17) is 0 Å². The molecule has 0 aliphatic heterocycles. The number of halogens is 1. The van der Waals surface area contributed by atoms with Crippen molar-refractivity contribution in [2.24, 2.45) is 0 Å². The largest absolute Gasteiger partial charge is 0.205 e. The lowest BCUT2D eigenvalue weighted by Crippen LogP contribution is -1.89. The fourth-order valence-electron chi connectivity index (χ4n) is 1.49. The number of aryl methyl sites for hydroxylation is 1. The number of thiophene rings is 1. The first-order valence-corrected chi connectivity index (χ1v) is 5.44. The molecule has 1 aromatic heterocycles. The van der Waals surface area contributed by atoms with Gasteiger partial charge >= 0.3 is 0 Å². The molecular weight excluding hydrogens is 203 g/mol. The van der Waals surface area contributed by atoms with Crippen molar-refractivity contribution in [3.05, 3.63) is 28.9 Å². The van der Waals surface area contributed by atoms with Crippen LogP contribution in [0.25, 0.3) is 10.1 Å². The Kier molecular flexibility index (Phi) is 2.30. The third kappa shape index (κ3) is 1.36. The zero-order valence-corrected chi connectivity index (χ0v) is 8.88. The van der Waals surface area contributed by atoms with Gasteiger partial charge in [-0.25, -0.2) is 4.39 Å². The number of thiol groups is 1. The van der Waals surface area contributed by atoms with Crippen LogP contribution in [0.15, 0.2) is 22.4 Å². The maximum atomic E-state index is 13.5. The molecule has 0 saturated heterocycles. The Bertz CT molecular complexity index is 445. The highest BCUT2D eigenvalue weighted by atomic mass is 32.1. The fourth-order valence-corrected chi connectivity index (χ4v) is 2.69. The molecule has 0 bridgehead atoms. The van der Waals surface area contributed by atoms with E-state index >= 15 is 0 Å². The van der Waals surface area contributed by atoms with E-state index in [1.165, 1.54) is 0 Å². The van der Waals surface area contributed by atoms with E-state index in [9.17, 15) is 4.39 Å². The van der Waals surface area contributed by atoms with Gasteiger partial charge in [-0.2, -0.15) is 0 Å². The molecule has 0 nitrogen and oxygen atoms in total. The summed E-state index contributed by atoms with van der Waals surface area (Å²) in [6.45, 7) is 1.96. The summed E-state index contributed by atoms with van der Waals surface area (Å²) in [4.78, 5) is 0.451. The molecule has 0 atom stereocenters. The first kappa shape index (κ1) is 9.03. The molecule has 0 radical (unpaired) electrons. The normalized spacial score (nSPS) is 11.0. The molecule has 2 aromatic rings. The molecule has 3 heteroatoms. The van der Waals surface area contributed by atoms with Crippen molar-refractivity contribution >= 4 is 34.1 Å². The minimum atomic E-state index is -0.170. The Morgan fingerprint density at radius 2 is 2.31 bits per heavy atom. The average molecular weight is 212 g/mol. The third-order valence-corrected chi connectivity index (χ3v) is 3.32. The number of fused-ring (bicyclic) bond motifs is 1. The van der Waals surface area contributed by atoms with Gasteiger partial charge in [-0.1, -0.05) is 6.92 Å². The quantitative estimate of drug-likeness (QED) is 0.681. The Balaban J connectivity index is 2.87. The van der Waals surface area contributed by atoms with Gasteiger partial charge in [0.15, 0.2) is 0 Å². The van der Waals surface area contributed by atoms with Gasteiger partial charge < -0.3 is 0 Å². The predicted octanol–water partition coefficient (Wildman–Crippen LogP) is 3.89. The van der Waals surface area contributed by atoms with Gasteiger partial charge in [0.1, 0.15) is 5.82 Å². The van der Waals surface area contributed by atoms with Crippen LogP contribution in [0, 0.1) is 5.82 Å². The molecule has 0 aliphatic carbocycles. The summed E-state index contributed by atoms with van der Waals surface area (Å²) in [5.41, 5.74) is 0.781. The van der Waals surface area contributed by atoms with E-state index in [0.717, 1.165) is 15.6 Å². The second-order valence-electron chi connectivity index (χ2n) is 2.87. The van der Waals surface area contributed by atoms with Crippen LogP contribution in [0.1, 0.15) is 12.5 Å². The highest BCUT2D eigenvalue weighted by Crippen LogP contribution is 2.30. The van der Waals surface area contributed by atoms with Crippen molar-refractivity contribution in [2.75, 3.05) is 0 Å². The molecule has 0 spiro atoms. The topological polar surface area (TPSA) is 0 Å². The Hall–Kier alpha value is -0.540. The smallest absolute Gasteiger partial charge is 0.140 e. The van der Waals surface area contributed by atoms with Gasteiger partial charge in [0.25, 0.3) is 0 Å². The van der Waals surface area contributed by atoms with Crippen LogP contribution in [0.4, 0.5) is 4.39 Å². The van der Waals surface area contributed by atoms with Crippen molar-refractivity contribution in [1.29, 1.82) is 0 Å². The Morgan fingerprint density at radius 1 is 1.54 bits per heavy atom. The van der Waals surface area contributed by atoms with Crippen molar-refractivity contribution in [1.82, 2.24) is 0 Å². The summed E-state index contributed by atoms with van der Waals surface area (Å²) in [6, 6.07) is 3.76. The van der Waals surface area contributed by atoms with E-state index in [0.29, 0.717) is 11.3 Å². The van der Waals surface area contributed by atoms with Crippen LogP contribution < -0.4 is 0 Å². The molecule has 1 heterocycles. The second kappa shape index (κ2) is 3.31. The van der Waals surface area contributed by atoms with Crippen LogP contribution in [0.2, 0.25) is 0 Å². The lowest BCUT2D eigenvalue weighted by Gasteiger charge is -2.04. The highest BCUT2D eigenvalue weighted by molar-refractivity contribution is 7.80. The molecular formula is C10H9FS2. The zero-order valence-electron chi connectivity index (χ0n) is 7.17. The minimum Gasteiger partial charge on any atom is -0.205 e. The van der Waals surface area contributed by atoms with Crippen LogP contribution in [-0.4, -0.2) is 0 Å². The Morgan fingerprint density at radius 3 is 3.00 bits per heavy atom. The van der Waals surface area contributed by atoms with Crippen LogP contribution >= 0.6 is 24.0 Å². The summed E-state index contributed by atoms with van der Waals surface area (Å²) < 4.78 is 14.7. The van der Waals surface area contributed by atoms with E-state index in [2.05, 4.69) is 12.6 Å². The molecule has 68 valence electrons. The van der Waals surface area contributed by atoms with E-state index in [1.54, 1.807) is 17.4 Å². The molecule has 0 N–H and O–H groups in total. The first-order chi connectivity index (χ1) is 6.24. The van der Waals surface area contributed by atoms with E-state index < -0.39 is 0 Å². The lowest BCUT2D eigenvalue weighted by atomic mass is 10.1. The van der Waals surface area contributed by atoms with Crippen LogP contribution in [0.5, 0.6) is 0 Å². The first-order valence-electron chi connectivity index (χ1n) is 4.11. The summed E-state index contributed by atoms with van der Waals surface area (Å²) >= 11 is 5.73. The molecule has 13 heavy (non-hydrogen) atoms. The van der Waals surface area contributed by atoms with Gasteiger partial charge in [-0.05, 0) is 34.9 Å². The molecule has 0 unspecified atom stereocenters. The van der Waals surface area contributed by atoms with Gasteiger partial charge in [0.05, 0.1) is 0 Å². The molecule has 2 rings (SSSR count). The third-order valence-electron chi connectivity index (χ3n) is 2.13. The average Bonchev–Trinajstić information content (AvgIpc) is 2.54. The lowest BCUT2D eigenvalue weighted by molar-refractivity contribution is 0.590. The van der Waals surface area contributed by atoms with Crippen molar-refractivity contribution in [3.8, 4) is 0 Å². The molecule has 0 amide bonds. The highest BCUT2D eigenvalue weighted by Gasteiger charge is 2.10. The molecule has 0 aliphatic rings. The SMILES string of the molecule is CCc1c(F)c(S)cc2sccc12. The van der Waals surface area contributed by atoms with Crippen LogP contribution in [0.3, 0.4) is 0 Å². The van der Waals surface area contributed by atoms with E-state index in [1.807, 2.05) is 18.4 Å². The maximum Gasteiger partial charge on any atom is 0.140 e. The number of hydrogen-bond donors (Lipinski definition) is 1. The van der Waals surface area contributed by atoms with Crippen LogP contribution in [-0.2, 0) is 6.42 Å². The Labute approximate surface area is 85.8 Å². The van der Waals surface area contributed by atoms with E-state index in [-0.39, 0.29) is 5.82 Å². The number of benzene rings is 1. The minimum absolute atomic E-state index is 0.170. The van der Waals surface area contributed by atoms with Crippen molar-refractivity contribution in [3.63, 3.8) is 0 Å². The standard InChI is InChI=1S/C10H9FS2/c1-2-6-7-3-4-13-9(7)5-8(12)10(6)11/h3-5,12H,2H2,1H3. The summed E-state index contributed by atoms with van der Waals surface area (Å²) in [6.07, 6.45) is 0.716. The van der Waals surface area contributed by atoms with Crippen molar-refractivity contribution in [2.45, 2.75) is 18.2 Å². The predicted molar refractivity (Wildman–Crippen MR) is 58.4 cm³/mol. The van der Waals surface area contributed by atoms with Crippen molar-refractivity contribution < 1.29 is 4.39 Å². The maximum absolute atomic E-state index is 13.5. The molecule has 1 aromatic carbocycles. The van der Waals surface area contributed by atoms with Gasteiger partial charge in [0, 0.05) is 9.60 Å². The van der Waals surface area contributed by atoms with Gasteiger partial charge in [-0.3, -0.25) is 0 Å². The van der Waals surface area contributed by atoms with Gasteiger partial charge in [-0.15, -0.1) is 24.0 Å². The summed E-state index contributed by atoms with van der Waals surface area (Å²) in [7, 11) is 0. The number of hydrogen-bond acceptors (Lipinski definition) is 2. The fraction of sp³-hybridized carbons (Fsp3) is 0.200. The summed E-state index contributed by atoms with van der Waals surface area (Å²) in [5.74, 6) is -0.170. The molecule has 0 fully saturated rings. The van der Waals surface area contributed by atoms with Gasteiger partial charge in [0.2, 0.25) is 0 Å². The second-order valence-corrected chi connectivity index (χ2v) is 4.30. The molecule has 0 saturated carbocycles. The summed E-state index contributed by atoms with van der Waals surface area (Å²) in [5, 5.41) is 3.01. The number of rotatable bonds is 1.